The molecule has 0 aromatic heterocycles. The summed E-state index contributed by atoms with van der Waals surface area (Å²) in [7, 11) is 0. The van der Waals surface area contributed by atoms with Gasteiger partial charge in [-0.15, -0.1) is 0 Å². The van der Waals surface area contributed by atoms with E-state index in [1.807, 2.05) is 0 Å². The zero-order valence-electron chi connectivity index (χ0n) is 12.0. The number of carbonyl (C=O) groups is 1. The summed E-state index contributed by atoms with van der Waals surface area (Å²) in [5.74, 6) is -1.29. The molecule has 0 fully saturated rings. The summed E-state index contributed by atoms with van der Waals surface area (Å²) >= 11 is 0. The van der Waals surface area contributed by atoms with E-state index in [9.17, 15) is 22.4 Å². The molecular formula is C16H13F4NO2. The summed E-state index contributed by atoms with van der Waals surface area (Å²) < 4.78 is 56.0. The van der Waals surface area contributed by atoms with Gasteiger partial charge in [0.25, 0.3) is 5.91 Å². The summed E-state index contributed by atoms with van der Waals surface area (Å²) in [5.41, 5.74) is -0.627. The fraction of sp³-hybridized carbons (Fsp3) is 0.188. The predicted molar refractivity (Wildman–Crippen MR) is 76.6 cm³/mol. The van der Waals surface area contributed by atoms with Gasteiger partial charge in [0.2, 0.25) is 0 Å². The maximum absolute atomic E-state index is 13.4. The van der Waals surface area contributed by atoms with Crippen molar-refractivity contribution >= 4 is 11.6 Å². The van der Waals surface area contributed by atoms with Crippen molar-refractivity contribution in [1.82, 2.24) is 0 Å². The number of hydrogen-bond acceptors (Lipinski definition) is 2. The first-order chi connectivity index (χ1) is 10.8. The number of benzene rings is 2. The Morgan fingerprint density at radius 2 is 1.70 bits per heavy atom. The molecule has 1 amide bonds. The molecule has 23 heavy (non-hydrogen) atoms. The Morgan fingerprint density at radius 3 is 2.26 bits per heavy atom. The van der Waals surface area contributed by atoms with E-state index >= 15 is 0 Å². The van der Waals surface area contributed by atoms with Crippen molar-refractivity contribution in [3.8, 4) is 5.75 Å². The molecule has 2 rings (SSSR count). The van der Waals surface area contributed by atoms with Gasteiger partial charge < -0.3 is 10.1 Å². The molecule has 0 unspecified atom stereocenters. The zero-order valence-corrected chi connectivity index (χ0v) is 12.0. The van der Waals surface area contributed by atoms with E-state index in [1.165, 1.54) is 25.1 Å². The first kappa shape index (κ1) is 16.8. The number of halogens is 4. The number of anilines is 1. The number of ether oxygens (including phenoxy) is 1. The Kier molecular flexibility index (Phi) is 4.88. The van der Waals surface area contributed by atoms with Crippen LogP contribution in [-0.2, 0) is 11.0 Å². The smallest absolute Gasteiger partial charge is 0.416 e. The molecule has 0 aliphatic rings. The lowest BCUT2D eigenvalue weighted by atomic mass is 10.2. The third-order valence-electron chi connectivity index (χ3n) is 2.99. The number of para-hydroxylation sites is 1. The van der Waals surface area contributed by atoms with E-state index in [2.05, 4.69) is 5.32 Å². The van der Waals surface area contributed by atoms with Crippen molar-refractivity contribution in [1.29, 1.82) is 0 Å². The fourth-order valence-corrected chi connectivity index (χ4v) is 1.77. The Hall–Kier alpha value is -2.57. The molecule has 0 aliphatic heterocycles. The Bertz CT molecular complexity index is 683. The minimum absolute atomic E-state index is 0.0810. The van der Waals surface area contributed by atoms with Gasteiger partial charge in [-0.3, -0.25) is 4.79 Å². The Labute approximate surface area is 129 Å². The Morgan fingerprint density at radius 1 is 1.09 bits per heavy atom. The SMILES string of the molecule is C[C@H](Oc1ccccc1F)C(=O)Nc1ccc(C(F)(F)F)cc1. The van der Waals surface area contributed by atoms with Crippen LogP contribution in [-0.4, -0.2) is 12.0 Å². The van der Waals surface area contributed by atoms with Crippen LogP contribution in [0.25, 0.3) is 0 Å². The summed E-state index contributed by atoms with van der Waals surface area (Å²) in [6.07, 6.45) is -5.46. The zero-order chi connectivity index (χ0) is 17.0. The van der Waals surface area contributed by atoms with Gasteiger partial charge in [0, 0.05) is 5.69 Å². The highest BCUT2D eigenvalue weighted by atomic mass is 19.4. The molecule has 1 atom stereocenters. The molecule has 0 radical (unpaired) electrons. The van der Waals surface area contributed by atoms with Crippen molar-refractivity contribution in [2.45, 2.75) is 19.2 Å². The second-order valence-corrected chi connectivity index (χ2v) is 4.75. The molecule has 0 bridgehead atoms. The molecule has 2 aromatic carbocycles. The van der Waals surface area contributed by atoms with Crippen LogP contribution >= 0.6 is 0 Å². The van der Waals surface area contributed by atoms with Gasteiger partial charge in [-0.05, 0) is 43.3 Å². The lowest BCUT2D eigenvalue weighted by molar-refractivity contribution is -0.137. The number of rotatable bonds is 4. The molecule has 1 N–H and O–H groups in total. The van der Waals surface area contributed by atoms with Crippen molar-refractivity contribution < 1.29 is 27.1 Å². The highest BCUT2D eigenvalue weighted by Gasteiger charge is 2.30. The van der Waals surface area contributed by atoms with Gasteiger partial charge >= 0.3 is 6.18 Å². The van der Waals surface area contributed by atoms with Crippen LogP contribution in [0.3, 0.4) is 0 Å². The molecule has 122 valence electrons. The minimum Gasteiger partial charge on any atom is -0.478 e. The van der Waals surface area contributed by atoms with Gasteiger partial charge in [0.1, 0.15) is 0 Å². The second kappa shape index (κ2) is 6.68. The number of nitrogens with one attached hydrogen (secondary N) is 1. The van der Waals surface area contributed by atoms with Crippen LogP contribution in [0.2, 0.25) is 0 Å². The minimum atomic E-state index is -4.44. The van der Waals surface area contributed by atoms with Gasteiger partial charge in [-0.25, -0.2) is 4.39 Å². The summed E-state index contributed by atoms with van der Waals surface area (Å²) in [4.78, 5) is 11.9. The predicted octanol–water partition coefficient (Wildman–Crippen LogP) is 4.25. The average molecular weight is 327 g/mol. The van der Waals surface area contributed by atoms with E-state index < -0.39 is 29.6 Å². The van der Waals surface area contributed by atoms with Crippen molar-refractivity contribution in [2.24, 2.45) is 0 Å². The largest absolute Gasteiger partial charge is 0.478 e. The van der Waals surface area contributed by atoms with Gasteiger partial charge in [0.05, 0.1) is 5.56 Å². The highest BCUT2D eigenvalue weighted by Crippen LogP contribution is 2.29. The fourth-order valence-electron chi connectivity index (χ4n) is 1.77. The van der Waals surface area contributed by atoms with E-state index in [0.717, 1.165) is 24.3 Å². The van der Waals surface area contributed by atoms with Crippen LogP contribution in [0.4, 0.5) is 23.2 Å². The summed E-state index contributed by atoms with van der Waals surface area (Å²) in [6.45, 7) is 1.41. The molecule has 0 spiro atoms. The summed E-state index contributed by atoms with van der Waals surface area (Å²) in [5, 5.41) is 2.41. The van der Waals surface area contributed by atoms with E-state index in [1.54, 1.807) is 6.07 Å². The third kappa shape index (κ3) is 4.45. The number of carbonyl (C=O) groups excluding carboxylic acids is 1. The number of amides is 1. The molecule has 0 saturated carbocycles. The molecule has 0 heterocycles. The van der Waals surface area contributed by atoms with E-state index in [4.69, 9.17) is 4.74 Å². The van der Waals surface area contributed by atoms with Gasteiger partial charge in [-0.2, -0.15) is 13.2 Å². The first-order valence-electron chi connectivity index (χ1n) is 6.66. The van der Waals surface area contributed by atoms with Gasteiger partial charge in [-0.1, -0.05) is 12.1 Å². The molecule has 0 aliphatic carbocycles. The molecule has 0 saturated heterocycles. The lowest BCUT2D eigenvalue weighted by Crippen LogP contribution is -2.30. The maximum atomic E-state index is 13.4. The topological polar surface area (TPSA) is 38.3 Å². The van der Waals surface area contributed by atoms with Crippen molar-refractivity contribution in [3.05, 3.63) is 59.9 Å². The van der Waals surface area contributed by atoms with Gasteiger partial charge in [0.15, 0.2) is 17.7 Å². The monoisotopic (exact) mass is 327 g/mol. The highest BCUT2D eigenvalue weighted by molar-refractivity contribution is 5.94. The maximum Gasteiger partial charge on any atom is 0.416 e. The van der Waals surface area contributed by atoms with Crippen molar-refractivity contribution in [3.63, 3.8) is 0 Å². The van der Waals surface area contributed by atoms with E-state index in [-0.39, 0.29) is 11.4 Å². The van der Waals surface area contributed by atoms with E-state index in [0.29, 0.717) is 0 Å². The molecule has 2 aromatic rings. The van der Waals surface area contributed by atoms with Crippen LogP contribution in [0.1, 0.15) is 12.5 Å². The first-order valence-corrected chi connectivity index (χ1v) is 6.66. The second-order valence-electron chi connectivity index (χ2n) is 4.75. The van der Waals surface area contributed by atoms with Crippen LogP contribution in [0, 0.1) is 5.82 Å². The third-order valence-corrected chi connectivity index (χ3v) is 2.99. The molecule has 7 heteroatoms. The number of alkyl halides is 3. The Balaban J connectivity index is 2.00. The summed E-state index contributed by atoms with van der Waals surface area (Å²) in [6, 6.07) is 9.59. The lowest BCUT2D eigenvalue weighted by Gasteiger charge is -2.15. The molecular weight excluding hydrogens is 314 g/mol. The molecule has 3 nitrogen and oxygen atoms in total. The average Bonchev–Trinajstić information content (AvgIpc) is 2.49. The van der Waals surface area contributed by atoms with Crippen molar-refractivity contribution in [2.75, 3.05) is 5.32 Å². The van der Waals surface area contributed by atoms with Crippen LogP contribution in [0.15, 0.2) is 48.5 Å². The van der Waals surface area contributed by atoms with Crippen LogP contribution < -0.4 is 10.1 Å². The van der Waals surface area contributed by atoms with Crippen LogP contribution in [0.5, 0.6) is 5.75 Å². The number of hydrogen-bond donors (Lipinski definition) is 1. The standard InChI is InChI=1S/C16H13F4NO2/c1-10(23-14-5-3-2-4-13(14)17)15(22)21-12-8-6-11(7-9-12)16(18,19)20/h2-10H,1H3,(H,21,22)/t10-/m0/s1. The quantitative estimate of drug-likeness (QED) is 0.853. The normalized spacial score (nSPS) is 12.6.